The highest BCUT2D eigenvalue weighted by molar-refractivity contribution is 5.85. The summed E-state index contributed by atoms with van der Waals surface area (Å²) >= 11 is 0. The quantitative estimate of drug-likeness (QED) is 0.821. The van der Waals surface area contributed by atoms with Crippen molar-refractivity contribution in [1.82, 2.24) is 5.32 Å². The lowest BCUT2D eigenvalue weighted by Crippen LogP contribution is -2.34. The Kier molecular flexibility index (Phi) is 3.72. The fourth-order valence-electron chi connectivity index (χ4n) is 1.47. The van der Waals surface area contributed by atoms with Gasteiger partial charge >= 0.3 is 0 Å². The van der Waals surface area contributed by atoms with Crippen LogP contribution in [0.2, 0.25) is 0 Å². The summed E-state index contributed by atoms with van der Waals surface area (Å²) in [6.07, 6.45) is 1.09. The topological polar surface area (TPSA) is 21.3 Å². The first-order valence-electron chi connectivity index (χ1n) is 4.38. The Morgan fingerprint density at radius 1 is 1.50 bits per heavy atom. The van der Waals surface area contributed by atoms with Crippen molar-refractivity contribution >= 4 is 12.4 Å². The van der Waals surface area contributed by atoms with Crippen LogP contribution in [-0.2, 0) is 0 Å². The molecule has 0 amide bonds. The van der Waals surface area contributed by atoms with E-state index in [4.69, 9.17) is 4.74 Å². The third-order valence-electron chi connectivity index (χ3n) is 2.40. The zero-order valence-corrected chi connectivity index (χ0v) is 8.73. The Morgan fingerprint density at radius 3 is 2.64 bits per heavy atom. The van der Waals surface area contributed by atoms with Crippen LogP contribution in [0, 0.1) is 5.82 Å². The minimum Gasteiger partial charge on any atom is -0.494 e. The first-order chi connectivity index (χ1) is 6.31. The fourth-order valence-corrected chi connectivity index (χ4v) is 1.47. The van der Waals surface area contributed by atoms with E-state index in [0.29, 0.717) is 11.8 Å². The molecule has 1 N–H and O–H groups in total. The number of rotatable bonds is 2. The average Bonchev–Trinajstić information content (AvgIpc) is 2.01. The van der Waals surface area contributed by atoms with Crippen LogP contribution in [0.1, 0.15) is 18.0 Å². The Hall–Kier alpha value is -0.800. The maximum absolute atomic E-state index is 13.2. The molecule has 1 aromatic carbocycles. The maximum atomic E-state index is 13.2. The van der Waals surface area contributed by atoms with Crippen LogP contribution in [0.15, 0.2) is 18.2 Å². The van der Waals surface area contributed by atoms with E-state index < -0.39 is 0 Å². The molecule has 4 heteroatoms. The molecule has 2 nitrogen and oxygen atoms in total. The number of hydrogen-bond acceptors (Lipinski definition) is 2. The second-order valence-electron chi connectivity index (χ2n) is 3.19. The number of benzene rings is 1. The molecule has 0 spiro atoms. The standard InChI is InChI=1S/C10H12FNO.ClH/c1-13-10-3-2-7(6-8(10)11)9-4-5-12-9;/h2-3,6,9,12H,4-5H2,1H3;1H/t9-;/m1./s1. The van der Waals surface area contributed by atoms with Gasteiger partial charge in [-0.1, -0.05) is 6.07 Å². The summed E-state index contributed by atoms with van der Waals surface area (Å²) in [4.78, 5) is 0. The van der Waals surface area contributed by atoms with E-state index in [0.717, 1.165) is 18.5 Å². The van der Waals surface area contributed by atoms with Crippen molar-refractivity contribution in [1.29, 1.82) is 0 Å². The van der Waals surface area contributed by atoms with Gasteiger partial charge in [-0.25, -0.2) is 4.39 Å². The van der Waals surface area contributed by atoms with Crippen molar-refractivity contribution in [3.8, 4) is 5.75 Å². The molecule has 2 rings (SSSR count). The summed E-state index contributed by atoms with van der Waals surface area (Å²) in [5, 5.41) is 3.22. The molecule has 1 heterocycles. The molecule has 78 valence electrons. The number of nitrogens with one attached hydrogen (secondary N) is 1. The predicted octanol–water partition coefficient (Wildman–Crippen LogP) is 2.29. The third-order valence-corrected chi connectivity index (χ3v) is 2.40. The van der Waals surface area contributed by atoms with Crippen LogP contribution in [0.4, 0.5) is 4.39 Å². The predicted molar refractivity (Wildman–Crippen MR) is 55.6 cm³/mol. The lowest BCUT2D eigenvalue weighted by Gasteiger charge is -2.28. The minimum absolute atomic E-state index is 0. The zero-order valence-electron chi connectivity index (χ0n) is 7.92. The van der Waals surface area contributed by atoms with Crippen LogP contribution in [-0.4, -0.2) is 13.7 Å². The van der Waals surface area contributed by atoms with Gasteiger partial charge < -0.3 is 10.1 Å². The third kappa shape index (κ3) is 1.99. The first-order valence-corrected chi connectivity index (χ1v) is 4.38. The van der Waals surface area contributed by atoms with Crippen molar-refractivity contribution in [3.63, 3.8) is 0 Å². The SMILES string of the molecule is COc1ccc([C@H]2CCN2)cc1F.Cl. The number of hydrogen-bond donors (Lipinski definition) is 1. The lowest BCUT2D eigenvalue weighted by atomic mass is 9.98. The summed E-state index contributed by atoms with van der Waals surface area (Å²) in [5.74, 6) is 0.0248. The molecule has 1 aromatic rings. The molecule has 1 fully saturated rings. The van der Waals surface area contributed by atoms with Crippen LogP contribution in [0.3, 0.4) is 0 Å². The van der Waals surface area contributed by atoms with Crippen molar-refractivity contribution < 1.29 is 9.13 Å². The number of halogens is 2. The minimum atomic E-state index is -0.284. The van der Waals surface area contributed by atoms with E-state index in [-0.39, 0.29) is 18.2 Å². The Balaban J connectivity index is 0.000000980. The second-order valence-corrected chi connectivity index (χ2v) is 3.19. The van der Waals surface area contributed by atoms with Gasteiger partial charge in [0, 0.05) is 6.04 Å². The molecule has 0 aromatic heterocycles. The summed E-state index contributed by atoms with van der Waals surface area (Å²) in [5.41, 5.74) is 1.00. The van der Waals surface area contributed by atoms with Gasteiger partial charge in [0.15, 0.2) is 11.6 Å². The number of methoxy groups -OCH3 is 1. The molecule has 0 radical (unpaired) electrons. The summed E-state index contributed by atoms with van der Waals surface area (Å²) in [6, 6.07) is 5.44. The molecule has 14 heavy (non-hydrogen) atoms. The monoisotopic (exact) mass is 217 g/mol. The highest BCUT2D eigenvalue weighted by atomic mass is 35.5. The second kappa shape index (κ2) is 4.62. The molecule has 1 aliphatic heterocycles. The molecule has 0 bridgehead atoms. The van der Waals surface area contributed by atoms with E-state index in [2.05, 4.69) is 5.32 Å². The van der Waals surface area contributed by atoms with E-state index in [1.807, 2.05) is 6.07 Å². The molecule has 0 aliphatic carbocycles. The maximum Gasteiger partial charge on any atom is 0.165 e. The van der Waals surface area contributed by atoms with E-state index in [1.54, 1.807) is 6.07 Å². The van der Waals surface area contributed by atoms with Gasteiger partial charge in [0.2, 0.25) is 0 Å². The lowest BCUT2D eigenvalue weighted by molar-refractivity contribution is 0.371. The van der Waals surface area contributed by atoms with Gasteiger partial charge in [-0.05, 0) is 30.7 Å². The normalized spacial score (nSPS) is 19.4. The van der Waals surface area contributed by atoms with Crippen LogP contribution >= 0.6 is 12.4 Å². The van der Waals surface area contributed by atoms with Gasteiger partial charge in [0.25, 0.3) is 0 Å². The van der Waals surface area contributed by atoms with Gasteiger partial charge in [0.1, 0.15) is 0 Å². The first kappa shape index (κ1) is 11.3. The zero-order chi connectivity index (χ0) is 9.26. The van der Waals surface area contributed by atoms with Gasteiger partial charge in [-0.2, -0.15) is 0 Å². The summed E-state index contributed by atoms with van der Waals surface area (Å²) in [7, 11) is 1.47. The van der Waals surface area contributed by atoms with Crippen molar-refractivity contribution in [2.45, 2.75) is 12.5 Å². The van der Waals surface area contributed by atoms with Gasteiger partial charge in [0.05, 0.1) is 7.11 Å². The van der Waals surface area contributed by atoms with Crippen molar-refractivity contribution in [2.75, 3.05) is 13.7 Å². The molecule has 0 saturated carbocycles. The molecule has 1 atom stereocenters. The highest BCUT2D eigenvalue weighted by Crippen LogP contribution is 2.26. The molecule has 1 saturated heterocycles. The summed E-state index contributed by atoms with van der Waals surface area (Å²) < 4.78 is 18.1. The molecular formula is C10H13ClFNO. The Labute approximate surface area is 88.9 Å². The highest BCUT2D eigenvalue weighted by Gasteiger charge is 2.19. The largest absolute Gasteiger partial charge is 0.494 e. The van der Waals surface area contributed by atoms with Crippen LogP contribution < -0.4 is 10.1 Å². The van der Waals surface area contributed by atoms with E-state index in [9.17, 15) is 4.39 Å². The number of ether oxygens (including phenoxy) is 1. The molecule has 0 unspecified atom stereocenters. The smallest absolute Gasteiger partial charge is 0.165 e. The van der Waals surface area contributed by atoms with Crippen molar-refractivity contribution in [3.05, 3.63) is 29.6 Å². The fraction of sp³-hybridized carbons (Fsp3) is 0.400. The van der Waals surface area contributed by atoms with Gasteiger partial charge in [-0.3, -0.25) is 0 Å². The van der Waals surface area contributed by atoms with E-state index in [1.165, 1.54) is 13.2 Å². The summed E-state index contributed by atoms with van der Waals surface area (Å²) in [6.45, 7) is 1.03. The van der Waals surface area contributed by atoms with E-state index >= 15 is 0 Å². The van der Waals surface area contributed by atoms with Crippen LogP contribution in [0.25, 0.3) is 0 Å². The van der Waals surface area contributed by atoms with Gasteiger partial charge in [-0.15, -0.1) is 12.4 Å². The molecular weight excluding hydrogens is 205 g/mol. The Bertz CT molecular complexity index is 315. The van der Waals surface area contributed by atoms with Crippen molar-refractivity contribution in [2.24, 2.45) is 0 Å². The Morgan fingerprint density at radius 2 is 2.21 bits per heavy atom. The average molecular weight is 218 g/mol. The molecule has 1 aliphatic rings. The van der Waals surface area contributed by atoms with Crippen LogP contribution in [0.5, 0.6) is 5.75 Å².